The van der Waals surface area contributed by atoms with E-state index in [4.69, 9.17) is 0 Å². The maximum absolute atomic E-state index is 11.7. The third-order valence-corrected chi connectivity index (χ3v) is 2.73. The molecule has 2 atom stereocenters. The number of rotatable bonds is 2. The summed E-state index contributed by atoms with van der Waals surface area (Å²) in [4.78, 5) is 11.7. The Morgan fingerprint density at radius 3 is 3.20 bits per heavy atom. The van der Waals surface area contributed by atoms with Gasteiger partial charge in [-0.05, 0) is 26.3 Å². The van der Waals surface area contributed by atoms with E-state index in [0.29, 0.717) is 11.7 Å². The zero-order valence-electron chi connectivity index (χ0n) is 8.66. The van der Waals surface area contributed by atoms with Gasteiger partial charge in [-0.1, -0.05) is 0 Å². The van der Waals surface area contributed by atoms with Crippen molar-refractivity contribution in [2.45, 2.75) is 31.8 Å². The molecule has 2 unspecified atom stereocenters. The number of aromatic amines is 1. The van der Waals surface area contributed by atoms with E-state index in [1.54, 1.807) is 0 Å². The standard InChI is InChI=1S/C9H15N5O/c1-6-7(3-2-4-10-6)12-9(15)8-5-11-14-13-8/h5-7,10H,2-4H2,1H3,(H,12,15)(H,11,13,14). The molecule has 0 radical (unpaired) electrons. The molecule has 0 spiro atoms. The van der Waals surface area contributed by atoms with Crippen molar-refractivity contribution < 1.29 is 4.79 Å². The molecule has 2 rings (SSSR count). The number of carbonyl (C=O) groups excluding carboxylic acids is 1. The van der Waals surface area contributed by atoms with E-state index < -0.39 is 0 Å². The van der Waals surface area contributed by atoms with E-state index in [0.717, 1.165) is 19.4 Å². The molecule has 3 N–H and O–H groups in total. The van der Waals surface area contributed by atoms with Crippen LogP contribution in [0.3, 0.4) is 0 Å². The van der Waals surface area contributed by atoms with Gasteiger partial charge in [0.1, 0.15) is 0 Å². The average Bonchev–Trinajstić information content (AvgIpc) is 2.74. The first kappa shape index (κ1) is 10.1. The smallest absolute Gasteiger partial charge is 0.273 e. The Morgan fingerprint density at radius 2 is 2.53 bits per heavy atom. The fourth-order valence-electron chi connectivity index (χ4n) is 1.79. The van der Waals surface area contributed by atoms with Gasteiger partial charge in [0.2, 0.25) is 0 Å². The van der Waals surface area contributed by atoms with E-state index in [-0.39, 0.29) is 11.9 Å². The molecule has 1 aliphatic rings. The second kappa shape index (κ2) is 4.39. The predicted octanol–water partition coefficient (Wildman–Crippen LogP) is -0.325. The van der Waals surface area contributed by atoms with Gasteiger partial charge in [-0.25, -0.2) is 0 Å². The number of hydrogen-bond acceptors (Lipinski definition) is 4. The summed E-state index contributed by atoms with van der Waals surface area (Å²) in [7, 11) is 0. The highest BCUT2D eigenvalue weighted by atomic mass is 16.2. The fraction of sp³-hybridized carbons (Fsp3) is 0.667. The van der Waals surface area contributed by atoms with Crippen LogP contribution in [0.5, 0.6) is 0 Å². The third-order valence-electron chi connectivity index (χ3n) is 2.73. The maximum atomic E-state index is 11.7. The monoisotopic (exact) mass is 209 g/mol. The fourth-order valence-corrected chi connectivity index (χ4v) is 1.79. The summed E-state index contributed by atoms with van der Waals surface area (Å²) in [5.74, 6) is -0.163. The van der Waals surface area contributed by atoms with Crippen LogP contribution in [0.2, 0.25) is 0 Å². The second-order valence-electron chi connectivity index (χ2n) is 3.82. The molecule has 1 fully saturated rings. The minimum Gasteiger partial charge on any atom is -0.346 e. The zero-order valence-corrected chi connectivity index (χ0v) is 8.66. The first-order valence-electron chi connectivity index (χ1n) is 5.17. The molecule has 0 aliphatic carbocycles. The molecule has 0 bridgehead atoms. The molecule has 1 aromatic heterocycles. The summed E-state index contributed by atoms with van der Waals surface area (Å²) in [6.45, 7) is 3.10. The highest BCUT2D eigenvalue weighted by Crippen LogP contribution is 2.08. The van der Waals surface area contributed by atoms with Gasteiger partial charge < -0.3 is 10.6 Å². The molecule has 1 aromatic rings. The van der Waals surface area contributed by atoms with Crippen molar-refractivity contribution in [2.24, 2.45) is 0 Å². The van der Waals surface area contributed by atoms with E-state index in [2.05, 4.69) is 33.0 Å². The summed E-state index contributed by atoms with van der Waals surface area (Å²) in [6, 6.07) is 0.498. The van der Waals surface area contributed by atoms with E-state index in [1.807, 2.05) is 0 Å². The molecule has 0 saturated carbocycles. The van der Waals surface area contributed by atoms with Crippen molar-refractivity contribution >= 4 is 5.91 Å². The summed E-state index contributed by atoms with van der Waals surface area (Å²) >= 11 is 0. The van der Waals surface area contributed by atoms with Gasteiger partial charge in [-0.3, -0.25) is 4.79 Å². The normalized spacial score (nSPS) is 26.2. The third kappa shape index (κ3) is 2.33. The van der Waals surface area contributed by atoms with Crippen LogP contribution in [0, 0.1) is 0 Å². The largest absolute Gasteiger partial charge is 0.346 e. The zero-order chi connectivity index (χ0) is 10.7. The van der Waals surface area contributed by atoms with Gasteiger partial charge in [0.15, 0.2) is 5.69 Å². The van der Waals surface area contributed by atoms with Crippen LogP contribution in [-0.2, 0) is 0 Å². The van der Waals surface area contributed by atoms with Crippen LogP contribution in [-0.4, -0.2) is 39.9 Å². The van der Waals surface area contributed by atoms with Crippen LogP contribution in [0.25, 0.3) is 0 Å². The van der Waals surface area contributed by atoms with E-state index in [1.165, 1.54) is 6.20 Å². The van der Waals surface area contributed by atoms with Gasteiger partial charge >= 0.3 is 0 Å². The Hall–Kier alpha value is -1.43. The van der Waals surface area contributed by atoms with Crippen LogP contribution in [0.4, 0.5) is 0 Å². The van der Waals surface area contributed by atoms with Gasteiger partial charge in [0.25, 0.3) is 5.91 Å². The van der Waals surface area contributed by atoms with Crippen molar-refractivity contribution in [3.8, 4) is 0 Å². The van der Waals surface area contributed by atoms with Gasteiger partial charge in [0.05, 0.1) is 6.20 Å². The Kier molecular flexibility index (Phi) is 2.96. The van der Waals surface area contributed by atoms with Crippen molar-refractivity contribution in [3.05, 3.63) is 11.9 Å². The molecule has 6 heteroatoms. The lowest BCUT2D eigenvalue weighted by molar-refractivity contribution is 0.0914. The van der Waals surface area contributed by atoms with Gasteiger partial charge in [0, 0.05) is 12.1 Å². The molecule has 15 heavy (non-hydrogen) atoms. The Bertz CT molecular complexity index is 323. The van der Waals surface area contributed by atoms with Gasteiger partial charge in [-0.15, -0.1) is 0 Å². The molecule has 1 aliphatic heterocycles. The molecule has 6 nitrogen and oxygen atoms in total. The minimum absolute atomic E-state index is 0.163. The SMILES string of the molecule is CC1NCCCC1NC(=O)c1cn[nH]n1. The number of amides is 1. The molecule has 82 valence electrons. The topological polar surface area (TPSA) is 82.7 Å². The number of aromatic nitrogens is 3. The molecular formula is C9H15N5O. The van der Waals surface area contributed by atoms with Crippen LogP contribution >= 0.6 is 0 Å². The lowest BCUT2D eigenvalue weighted by Gasteiger charge is -2.30. The number of carbonyl (C=O) groups is 1. The summed E-state index contributed by atoms with van der Waals surface area (Å²) in [5.41, 5.74) is 0.341. The number of H-pyrrole nitrogens is 1. The molecule has 1 amide bonds. The Morgan fingerprint density at radius 1 is 1.67 bits per heavy atom. The van der Waals surface area contributed by atoms with Crippen LogP contribution in [0.1, 0.15) is 30.3 Å². The average molecular weight is 209 g/mol. The van der Waals surface area contributed by atoms with Crippen molar-refractivity contribution in [3.63, 3.8) is 0 Å². The van der Waals surface area contributed by atoms with E-state index >= 15 is 0 Å². The molecule has 1 saturated heterocycles. The highest BCUT2D eigenvalue weighted by molar-refractivity contribution is 5.92. The van der Waals surface area contributed by atoms with Crippen molar-refractivity contribution in [2.75, 3.05) is 6.54 Å². The summed E-state index contributed by atoms with van der Waals surface area (Å²) < 4.78 is 0. The first-order valence-corrected chi connectivity index (χ1v) is 5.17. The quantitative estimate of drug-likeness (QED) is 0.623. The summed E-state index contributed by atoms with van der Waals surface area (Å²) in [6.07, 6.45) is 3.53. The Labute approximate surface area is 87.8 Å². The molecule has 0 aromatic carbocycles. The molecule has 2 heterocycles. The van der Waals surface area contributed by atoms with Crippen LogP contribution < -0.4 is 10.6 Å². The number of nitrogens with zero attached hydrogens (tertiary/aromatic N) is 2. The number of hydrogen-bond donors (Lipinski definition) is 3. The predicted molar refractivity (Wildman–Crippen MR) is 54.3 cm³/mol. The second-order valence-corrected chi connectivity index (χ2v) is 3.82. The van der Waals surface area contributed by atoms with Crippen LogP contribution in [0.15, 0.2) is 6.20 Å². The first-order chi connectivity index (χ1) is 7.27. The summed E-state index contributed by atoms with van der Waals surface area (Å²) in [5, 5.41) is 16.0. The van der Waals surface area contributed by atoms with Crippen molar-refractivity contribution in [1.82, 2.24) is 26.0 Å². The number of nitrogens with one attached hydrogen (secondary N) is 3. The van der Waals surface area contributed by atoms with Crippen molar-refractivity contribution in [1.29, 1.82) is 0 Å². The molecular weight excluding hydrogens is 194 g/mol. The van der Waals surface area contributed by atoms with E-state index in [9.17, 15) is 4.79 Å². The lowest BCUT2D eigenvalue weighted by Crippen LogP contribution is -2.51. The minimum atomic E-state index is -0.163. The highest BCUT2D eigenvalue weighted by Gasteiger charge is 2.23. The Balaban J connectivity index is 1.93. The maximum Gasteiger partial charge on any atom is 0.273 e. The van der Waals surface area contributed by atoms with Gasteiger partial charge in [-0.2, -0.15) is 15.4 Å². The lowest BCUT2D eigenvalue weighted by atomic mass is 10.00. The number of piperidine rings is 1.